The van der Waals surface area contributed by atoms with Crippen molar-refractivity contribution in [2.45, 2.75) is 294 Å². The number of carbonyl (C=O) groups is 1. The molecular weight excluding hydrogens is 803 g/mol. The number of unbranched alkanes of at least 4 members (excludes halogenated alkanes) is 32. The second kappa shape index (κ2) is 45.2. The molecule has 64 heavy (non-hydrogen) atoms. The minimum atomic E-state index is -1.57. The average molecular weight is 906 g/mol. The fraction of sp³-hybridized carbons (Fsp3) is 0.873. The van der Waals surface area contributed by atoms with Crippen LogP contribution >= 0.6 is 0 Å². The van der Waals surface area contributed by atoms with Crippen LogP contribution in [0.1, 0.15) is 251 Å². The molecule has 0 spiro atoms. The second-order valence-corrected chi connectivity index (χ2v) is 19.0. The Kier molecular flexibility index (Phi) is 42.7. The molecule has 0 radical (unpaired) electrons. The summed E-state index contributed by atoms with van der Waals surface area (Å²) in [6, 6.07) is -0.818. The third-order valence-corrected chi connectivity index (χ3v) is 12.9. The molecule has 1 aliphatic rings. The van der Waals surface area contributed by atoms with Crippen LogP contribution in [0.3, 0.4) is 0 Å². The van der Waals surface area contributed by atoms with E-state index in [0.29, 0.717) is 6.42 Å². The summed E-state index contributed by atoms with van der Waals surface area (Å²) in [5.41, 5.74) is 0. The molecule has 0 aromatic rings. The van der Waals surface area contributed by atoms with Crippen molar-refractivity contribution in [1.29, 1.82) is 0 Å². The standard InChI is InChI=1S/C55H103NO8/c1-3-5-7-9-11-13-15-16-17-18-19-20-21-22-23-24-25-26-27-28-29-30-31-32-33-34-35-37-39-41-43-45-51(59)56-48(47-63-55-54(62)53(61)52(60)50(46-57)64-55)49(58)44-42-40-38-36-14-12-10-8-6-4-2/h14,18-19,36,42,44,48-50,52-55,57-58,60-62H,3-13,15-17,20-35,37-41,43,45-47H2,1-2H3,(H,56,59)/b19-18-,36-14+,44-42+. The van der Waals surface area contributed by atoms with Crippen LogP contribution in [0.2, 0.25) is 0 Å². The van der Waals surface area contributed by atoms with Crippen molar-refractivity contribution in [3.05, 3.63) is 36.5 Å². The van der Waals surface area contributed by atoms with E-state index in [2.05, 4.69) is 43.5 Å². The van der Waals surface area contributed by atoms with Crippen molar-refractivity contribution >= 4 is 5.91 Å². The fourth-order valence-electron chi connectivity index (χ4n) is 8.58. The van der Waals surface area contributed by atoms with Crippen LogP contribution in [0.25, 0.3) is 0 Å². The second-order valence-electron chi connectivity index (χ2n) is 19.0. The molecule has 1 amide bonds. The molecule has 0 bridgehead atoms. The Morgan fingerprint density at radius 3 is 1.33 bits per heavy atom. The van der Waals surface area contributed by atoms with Gasteiger partial charge in [-0.15, -0.1) is 0 Å². The number of aliphatic hydroxyl groups is 5. The zero-order valence-electron chi connectivity index (χ0n) is 41.5. The van der Waals surface area contributed by atoms with Gasteiger partial charge in [0.15, 0.2) is 6.29 Å². The number of hydrogen-bond acceptors (Lipinski definition) is 8. The third kappa shape index (κ3) is 34.7. The molecule has 0 aromatic carbocycles. The number of aliphatic hydroxyl groups excluding tert-OH is 5. The summed E-state index contributed by atoms with van der Waals surface area (Å²) >= 11 is 0. The monoisotopic (exact) mass is 906 g/mol. The summed E-state index contributed by atoms with van der Waals surface area (Å²) in [5.74, 6) is -0.186. The van der Waals surface area contributed by atoms with Gasteiger partial charge in [0.2, 0.25) is 5.91 Å². The van der Waals surface area contributed by atoms with Gasteiger partial charge in [0.1, 0.15) is 24.4 Å². The number of amides is 1. The molecule has 1 saturated heterocycles. The van der Waals surface area contributed by atoms with Crippen LogP contribution in [0.5, 0.6) is 0 Å². The molecule has 0 saturated carbocycles. The van der Waals surface area contributed by atoms with Crippen molar-refractivity contribution in [3.63, 3.8) is 0 Å². The number of nitrogens with one attached hydrogen (secondary N) is 1. The first-order valence-electron chi connectivity index (χ1n) is 27.2. The number of ether oxygens (including phenoxy) is 2. The van der Waals surface area contributed by atoms with Crippen molar-refractivity contribution < 1.29 is 39.8 Å². The van der Waals surface area contributed by atoms with Crippen LogP contribution in [0.4, 0.5) is 0 Å². The first-order chi connectivity index (χ1) is 31.3. The zero-order chi connectivity index (χ0) is 46.6. The van der Waals surface area contributed by atoms with E-state index in [1.807, 2.05) is 6.08 Å². The smallest absolute Gasteiger partial charge is 0.220 e. The van der Waals surface area contributed by atoms with E-state index in [9.17, 15) is 30.3 Å². The lowest BCUT2D eigenvalue weighted by Gasteiger charge is -2.40. The van der Waals surface area contributed by atoms with Gasteiger partial charge in [0, 0.05) is 6.42 Å². The molecule has 376 valence electrons. The fourth-order valence-corrected chi connectivity index (χ4v) is 8.58. The molecule has 9 nitrogen and oxygen atoms in total. The molecule has 7 atom stereocenters. The van der Waals surface area contributed by atoms with E-state index in [1.165, 1.54) is 193 Å². The van der Waals surface area contributed by atoms with Gasteiger partial charge in [-0.1, -0.05) is 224 Å². The zero-order valence-corrected chi connectivity index (χ0v) is 41.5. The summed E-state index contributed by atoms with van der Waals surface area (Å²) < 4.78 is 11.2. The number of hydrogen-bond donors (Lipinski definition) is 6. The summed E-state index contributed by atoms with van der Waals surface area (Å²) in [6.45, 7) is 3.73. The summed E-state index contributed by atoms with van der Waals surface area (Å²) in [7, 11) is 0. The maximum atomic E-state index is 13.0. The Morgan fingerprint density at radius 1 is 0.516 bits per heavy atom. The van der Waals surface area contributed by atoms with Crippen LogP contribution < -0.4 is 5.32 Å². The Hall–Kier alpha value is -1.59. The highest BCUT2D eigenvalue weighted by Crippen LogP contribution is 2.23. The van der Waals surface area contributed by atoms with E-state index >= 15 is 0 Å². The lowest BCUT2D eigenvalue weighted by atomic mass is 9.99. The molecular formula is C55H103NO8. The van der Waals surface area contributed by atoms with E-state index in [4.69, 9.17) is 9.47 Å². The van der Waals surface area contributed by atoms with Crippen molar-refractivity contribution in [2.24, 2.45) is 0 Å². The molecule has 0 aromatic heterocycles. The van der Waals surface area contributed by atoms with Gasteiger partial charge >= 0.3 is 0 Å². The lowest BCUT2D eigenvalue weighted by Crippen LogP contribution is -2.60. The van der Waals surface area contributed by atoms with E-state index < -0.39 is 49.5 Å². The molecule has 1 rings (SSSR count). The van der Waals surface area contributed by atoms with Gasteiger partial charge in [0.05, 0.1) is 25.4 Å². The summed E-state index contributed by atoms with van der Waals surface area (Å²) in [5, 5.41) is 54.2. The Morgan fingerprint density at radius 2 is 0.891 bits per heavy atom. The molecule has 1 aliphatic heterocycles. The van der Waals surface area contributed by atoms with Crippen molar-refractivity contribution in [3.8, 4) is 0 Å². The summed E-state index contributed by atoms with van der Waals surface area (Å²) in [4.78, 5) is 13.0. The molecule has 1 fully saturated rings. The Balaban J connectivity index is 2.10. The first-order valence-corrected chi connectivity index (χ1v) is 27.2. The van der Waals surface area contributed by atoms with Crippen LogP contribution in [0, 0.1) is 0 Å². The van der Waals surface area contributed by atoms with Crippen LogP contribution in [-0.4, -0.2) is 87.5 Å². The normalized spacial score (nSPS) is 20.3. The lowest BCUT2D eigenvalue weighted by molar-refractivity contribution is -0.302. The molecule has 1 heterocycles. The number of allylic oxidation sites excluding steroid dienone is 5. The predicted molar refractivity (Wildman–Crippen MR) is 267 cm³/mol. The first kappa shape index (κ1) is 60.4. The van der Waals surface area contributed by atoms with Gasteiger partial charge in [0.25, 0.3) is 0 Å². The van der Waals surface area contributed by atoms with E-state index in [1.54, 1.807) is 6.08 Å². The highest BCUT2D eigenvalue weighted by Gasteiger charge is 2.44. The largest absolute Gasteiger partial charge is 0.394 e. The highest BCUT2D eigenvalue weighted by molar-refractivity contribution is 5.76. The van der Waals surface area contributed by atoms with Crippen LogP contribution in [-0.2, 0) is 14.3 Å². The van der Waals surface area contributed by atoms with Gasteiger partial charge in [-0.2, -0.15) is 0 Å². The van der Waals surface area contributed by atoms with Gasteiger partial charge in [-0.3, -0.25) is 4.79 Å². The SMILES string of the molecule is CCCCCC/C=C/CC/C=C/C(O)C(COC1OC(CO)C(O)C(O)C1O)NC(=O)CCCCCCCCCCCCCCCCCCCCC/C=C\CCCCCCCCCC. The highest BCUT2D eigenvalue weighted by atomic mass is 16.7. The molecule has 0 aliphatic carbocycles. The molecule has 7 unspecified atom stereocenters. The van der Waals surface area contributed by atoms with Crippen LogP contribution in [0.15, 0.2) is 36.5 Å². The maximum absolute atomic E-state index is 13.0. The average Bonchev–Trinajstić information content (AvgIpc) is 3.29. The Labute approximate surface area is 393 Å². The van der Waals surface area contributed by atoms with Crippen molar-refractivity contribution in [1.82, 2.24) is 5.32 Å². The minimum absolute atomic E-state index is 0.186. The van der Waals surface area contributed by atoms with Gasteiger partial charge in [-0.25, -0.2) is 0 Å². The molecule has 6 N–H and O–H groups in total. The quantitative estimate of drug-likeness (QED) is 0.0261. The number of rotatable bonds is 46. The Bertz CT molecular complexity index is 1100. The molecule has 9 heteroatoms. The number of carbonyl (C=O) groups excluding carboxylic acids is 1. The van der Waals surface area contributed by atoms with Gasteiger partial charge < -0.3 is 40.3 Å². The summed E-state index contributed by atoms with van der Waals surface area (Å²) in [6.07, 6.45) is 51.0. The van der Waals surface area contributed by atoms with E-state index in [-0.39, 0.29) is 12.5 Å². The predicted octanol–water partition coefficient (Wildman–Crippen LogP) is 12.8. The van der Waals surface area contributed by atoms with E-state index in [0.717, 1.165) is 38.5 Å². The van der Waals surface area contributed by atoms with Crippen molar-refractivity contribution in [2.75, 3.05) is 13.2 Å². The maximum Gasteiger partial charge on any atom is 0.220 e. The topological polar surface area (TPSA) is 149 Å². The van der Waals surface area contributed by atoms with Gasteiger partial charge in [-0.05, 0) is 57.8 Å². The minimum Gasteiger partial charge on any atom is -0.394 e. The third-order valence-electron chi connectivity index (χ3n) is 12.9.